The number of rotatable bonds is 84. The predicted molar refractivity (Wildman–Crippen MR) is 441 cm³/mol. The van der Waals surface area contributed by atoms with Crippen molar-refractivity contribution in [3.05, 3.63) is 24.3 Å². The van der Waals surface area contributed by atoms with Gasteiger partial charge in [-0.05, 0) is 69.1 Å². The number of hydrogen-bond donors (Lipinski definition) is 3. The van der Waals surface area contributed by atoms with E-state index < -0.39 is 97.5 Å². The molecule has 0 saturated carbocycles. The van der Waals surface area contributed by atoms with E-state index in [-0.39, 0.29) is 25.7 Å². The highest BCUT2D eigenvalue weighted by Gasteiger charge is 2.30. The van der Waals surface area contributed by atoms with Crippen LogP contribution in [-0.2, 0) is 65.4 Å². The van der Waals surface area contributed by atoms with Crippen molar-refractivity contribution in [3.8, 4) is 0 Å². The van der Waals surface area contributed by atoms with E-state index in [1.807, 2.05) is 0 Å². The first-order chi connectivity index (χ1) is 51.7. The van der Waals surface area contributed by atoms with Crippen molar-refractivity contribution in [1.82, 2.24) is 0 Å². The average molecular weight is 1560 g/mol. The van der Waals surface area contributed by atoms with Crippen molar-refractivity contribution >= 4 is 39.5 Å². The molecule has 0 radical (unpaired) electrons. The van der Waals surface area contributed by atoms with Gasteiger partial charge in [-0.25, -0.2) is 9.13 Å². The second-order valence-electron chi connectivity index (χ2n) is 32.4. The number of phosphoric ester groups is 2. The van der Waals surface area contributed by atoms with Crippen LogP contribution in [0.15, 0.2) is 24.3 Å². The number of allylic oxidation sites excluding steroid dienone is 4. The number of unbranched alkanes of at least 4 members (excludes halogenated alkanes) is 49. The monoisotopic (exact) mass is 1560 g/mol. The predicted octanol–water partition coefficient (Wildman–Crippen LogP) is 26.4. The Balaban J connectivity index is 5.28. The van der Waals surface area contributed by atoms with E-state index in [9.17, 15) is 43.2 Å². The zero-order valence-electron chi connectivity index (χ0n) is 70.1. The molecule has 5 atom stereocenters. The molecule has 0 spiro atoms. The van der Waals surface area contributed by atoms with E-state index in [0.29, 0.717) is 25.7 Å². The minimum atomic E-state index is -4.97. The number of ether oxygens (including phenoxy) is 4. The zero-order chi connectivity index (χ0) is 78.6. The first-order valence-electron chi connectivity index (χ1n) is 44.7. The number of phosphoric acid groups is 2. The Hall–Kier alpha value is -2.46. The van der Waals surface area contributed by atoms with Gasteiger partial charge >= 0.3 is 39.5 Å². The van der Waals surface area contributed by atoms with Crippen LogP contribution < -0.4 is 0 Å². The molecule has 0 rings (SSSR count). The highest BCUT2D eigenvalue weighted by Crippen LogP contribution is 2.45. The molecule has 0 heterocycles. The lowest BCUT2D eigenvalue weighted by atomic mass is 10.0. The SMILES string of the molecule is CCCCCC/C=C\C=C/CCCCCCCC(=O)O[C@H](COC(=O)CCCCCCCCCCCC(C)C)COP(=O)(O)OC[C@H](O)COP(=O)(O)OC[C@@H](COC(=O)CCCCCCCCCCCCCCCCCCC(C)C)OC(=O)CCCCCCCCCCCCCCCCCCCCC(C)C. The molecule has 632 valence electrons. The van der Waals surface area contributed by atoms with Gasteiger partial charge in [-0.15, -0.1) is 0 Å². The third kappa shape index (κ3) is 81.4. The van der Waals surface area contributed by atoms with Gasteiger partial charge in [0.05, 0.1) is 26.4 Å². The number of carbonyl (C=O) groups is 4. The smallest absolute Gasteiger partial charge is 0.462 e. The molecule has 0 aliphatic carbocycles. The fourth-order valence-electron chi connectivity index (χ4n) is 13.2. The fraction of sp³-hybridized carbons (Fsp3) is 0.909. The molecule has 19 heteroatoms. The van der Waals surface area contributed by atoms with Crippen molar-refractivity contribution in [2.24, 2.45) is 17.8 Å². The minimum Gasteiger partial charge on any atom is -0.462 e. The molecular weight excluding hydrogens is 1390 g/mol. The quantitative estimate of drug-likeness (QED) is 0.0169. The molecule has 0 aromatic rings. The highest BCUT2D eigenvalue weighted by molar-refractivity contribution is 7.47. The summed E-state index contributed by atoms with van der Waals surface area (Å²) in [6.45, 7) is 12.0. The van der Waals surface area contributed by atoms with Crippen LogP contribution in [0.25, 0.3) is 0 Å². The van der Waals surface area contributed by atoms with E-state index in [2.05, 4.69) is 72.8 Å². The van der Waals surface area contributed by atoms with E-state index in [1.54, 1.807) is 0 Å². The van der Waals surface area contributed by atoms with Crippen LogP contribution in [0.4, 0.5) is 0 Å². The standard InChI is InChI=1S/C88H168O17P2/c1-8-9-10-11-12-13-14-15-22-30-35-42-50-57-64-71-87(92)105-84(76-99-86(91)70-63-56-49-44-37-40-47-54-61-68-81(6)7)78-103-107(96,97)101-74-82(89)73-100-106(94,95)102-77-83(75-98-85(90)69-62-55-48-41-34-29-25-21-20-24-28-33-39-46-53-60-67-80(4)5)104-88(93)72-65-58-51-43-36-31-26-19-17-16-18-23-27-32-38-45-52-59-66-79(2)3/h13-15,22,79-84,89H,8-12,16-21,23-78H2,1-7H3,(H,94,95)(H,96,97)/b14-13-,22-15-/t82-,83-,84-/m1/s1. The summed E-state index contributed by atoms with van der Waals surface area (Å²) < 4.78 is 68.9. The third-order valence-corrected chi connectivity index (χ3v) is 21.9. The van der Waals surface area contributed by atoms with Gasteiger partial charge in [0.25, 0.3) is 0 Å². The lowest BCUT2D eigenvalue weighted by Gasteiger charge is -2.21. The summed E-state index contributed by atoms with van der Waals surface area (Å²) in [6, 6.07) is 0. The minimum absolute atomic E-state index is 0.0848. The van der Waals surface area contributed by atoms with Crippen molar-refractivity contribution in [1.29, 1.82) is 0 Å². The first-order valence-corrected chi connectivity index (χ1v) is 47.7. The van der Waals surface area contributed by atoms with E-state index in [4.69, 9.17) is 37.0 Å². The second kappa shape index (κ2) is 77.5. The normalized spacial score (nSPS) is 14.0. The van der Waals surface area contributed by atoms with Gasteiger partial charge in [0.2, 0.25) is 0 Å². The summed E-state index contributed by atoms with van der Waals surface area (Å²) in [6.07, 6.45) is 71.7. The summed E-state index contributed by atoms with van der Waals surface area (Å²) in [5.41, 5.74) is 0. The summed E-state index contributed by atoms with van der Waals surface area (Å²) in [4.78, 5) is 73.3. The highest BCUT2D eigenvalue weighted by atomic mass is 31.2. The van der Waals surface area contributed by atoms with Crippen molar-refractivity contribution < 1.29 is 80.2 Å². The van der Waals surface area contributed by atoms with Crippen molar-refractivity contribution in [3.63, 3.8) is 0 Å². The van der Waals surface area contributed by atoms with Crippen LogP contribution in [0.5, 0.6) is 0 Å². The fourth-order valence-corrected chi connectivity index (χ4v) is 14.8. The molecule has 0 aliphatic rings. The second-order valence-corrected chi connectivity index (χ2v) is 35.3. The maximum Gasteiger partial charge on any atom is 0.472 e. The number of aliphatic hydroxyl groups is 1. The lowest BCUT2D eigenvalue weighted by Crippen LogP contribution is -2.30. The van der Waals surface area contributed by atoms with E-state index >= 15 is 0 Å². The largest absolute Gasteiger partial charge is 0.472 e. The van der Waals surface area contributed by atoms with Gasteiger partial charge in [-0.2, -0.15) is 0 Å². The van der Waals surface area contributed by atoms with Crippen molar-refractivity contribution in [2.45, 2.75) is 458 Å². The molecule has 2 unspecified atom stereocenters. The molecule has 0 bridgehead atoms. The van der Waals surface area contributed by atoms with Crippen LogP contribution in [0.2, 0.25) is 0 Å². The molecule has 0 saturated heterocycles. The summed E-state index contributed by atoms with van der Waals surface area (Å²) in [7, 11) is -9.94. The van der Waals surface area contributed by atoms with Gasteiger partial charge in [0.1, 0.15) is 19.3 Å². The Kier molecular flexibility index (Phi) is 75.7. The molecule has 0 fully saturated rings. The van der Waals surface area contributed by atoms with Crippen LogP contribution in [0, 0.1) is 17.8 Å². The summed E-state index contributed by atoms with van der Waals surface area (Å²) >= 11 is 0. The number of hydrogen-bond acceptors (Lipinski definition) is 15. The Labute approximate surface area is 656 Å². The number of esters is 4. The molecular formula is C88H168O17P2. The summed E-state index contributed by atoms with van der Waals surface area (Å²) in [5, 5.41) is 10.7. The van der Waals surface area contributed by atoms with Gasteiger partial charge in [-0.1, -0.05) is 387 Å². The topological polar surface area (TPSA) is 237 Å². The third-order valence-electron chi connectivity index (χ3n) is 20.0. The molecule has 0 aromatic carbocycles. The molecule has 0 aromatic heterocycles. The maximum absolute atomic E-state index is 13.2. The zero-order valence-corrected chi connectivity index (χ0v) is 71.9. The Bertz CT molecular complexity index is 2160. The van der Waals surface area contributed by atoms with E-state index in [0.717, 1.165) is 120 Å². The average Bonchev–Trinajstić information content (AvgIpc) is 0.901. The van der Waals surface area contributed by atoms with Crippen LogP contribution in [0.1, 0.15) is 440 Å². The van der Waals surface area contributed by atoms with Crippen LogP contribution in [-0.4, -0.2) is 96.7 Å². The molecule has 17 nitrogen and oxygen atoms in total. The van der Waals surface area contributed by atoms with Gasteiger partial charge in [0, 0.05) is 25.7 Å². The van der Waals surface area contributed by atoms with Gasteiger partial charge in [-0.3, -0.25) is 37.3 Å². The molecule has 107 heavy (non-hydrogen) atoms. The lowest BCUT2D eigenvalue weighted by molar-refractivity contribution is -0.161. The van der Waals surface area contributed by atoms with Crippen LogP contribution in [0.3, 0.4) is 0 Å². The van der Waals surface area contributed by atoms with Gasteiger partial charge < -0.3 is 33.8 Å². The molecule has 0 amide bonds. The Morgan fingerprint density at radius 2 is 0.505 bits per heavy atom. The maximum atomic E-state index is 13.2. The first kappa shape index (κ1) is 105. The number of aliphatic hydroxyl groups excluding tert-OH is 1. The van der Waals surface area contributed by atoms with Crippen LogP contribution >= 0.6 is 15.6 Å². The Morgan fingerprint density at radius 3 is 0.757 bits per heavy atom. The van der Waals surface area contributed by atoms with Gasteiger partial charge in [0.15, 0.2) is 12.2 Å². The number of carbonyl (C=O) groups excluding carboxylic acids is 4. The summed E-state index contributed by atoms with van der Waals surface area (Å²) in [5.74, 6) is 0.239. The Morgan fingerprint density at radius 1 is 0.290 bits per heavy atom. The van der Waals surface area contributed by atoms with Crippen molar-refractivity contribution in [2.75, 3.05) is 39.6 Å². The molecule has 3 N–H and O–H groups in total. The van der Waals surface area contributed by atoms with E-state index in [1.165, 1.54) is 238 Å². The molecule has 0 aliphatic heterocycles.